The highest BCUT2D eigenvalue weighted by atomic mass is 79.9. The highest BCUT2D eigenvalue weighted by Gasteiger charge is 2.26. The lowest BCUT2D eigenvalue weighted by Crippen LogP contribution is -2.07. The van der Waals surface area contributed by atoms with Crippen molar-refractivity contribution in [2.45, 2.75) is 16.6 Å². The quantitative estimate of drug-likeness (QED) is 0.607. The first-order valence-corrected chi connectivity index (χ1v) is 7.12. The molecule has 1 N–H and O–H groups in total. The number of phenolic OH excluding ortho intramolecular Hbond substituents is 1. The first-order chi connectivity index (χ1) is 6.40. The minimum absolute atomic E-state index is 0.229. The van der Waals surface area contributed by atoms with Gasteiger partial charge in [-0.2, -0.15) is 0 Å². The Balaban J connectivity index is 3.31. The molecular formula is C9H8Br4O. The molecule has 1 aromatic carbocycles. The van der Waals surface area contributed by atoms with Crippen LogP contribution in [0.1, 0.15) is 18.9 Å². The lowest BCUT2D eigenvalue weighted by atomic mass is 10.1. The van der Waals surface area contributed by atoms with Crippen molar-refractivity contribution in [1.82, 2.24) is 0 Å². The van der Waals surface area contributed by atoms with Crippen molar-refractivity contribution in [3.8, 4) is 5.75 Å². The number of phenols is 1. The second kappa shape index (κ2) is 4.85. The van der Waals surface area contributed by atoms with Gasteiger partial charge in [-0.3, -0.25) is 0 Å². The fourth-order valence-corrected chi connectivity index (χ4v) is 3.22. The average Bonchev–Trinajstić information content (AvgIpc) is 2.14. The predicted molar refractivity (Wildman–Crippen MR) is 73.3 cm³/mol. The van der Waals surface area contributed by atoms with Crippen LogP contribution in [0.5, 0.6) is 5.75 Å². The van der Waals surface area contributed by atoms with Crippen LogP contribution in [0.4, 0.5) is 0 Å². The van der Waals surface area contributed by atoms with Crippen molar-refractivity contribution < 1.29 is 5.11 Å². The van der Waals surface area contributed by atoms with Crippen molar-refractivity contribution >= 4 is 63.7 Å². The van der Waals surface area contributed by atoms with Gasteiger partial charge in [-0.15, -0.1) is 0 Å². The SMILES string of the molecule is CCC(Br)(Br)c1ccc(O)c(Br)c1Br. The van der Waals surface area contributed by atoms with E-state index in [2.05, 4.69) is 70.6 Å². The highest BCUT2D eigenvalue weighted by Crippen LogP contribution is 2.47. The molecule has 0 unspecified atom stereocenters. The number of benzene rings is 1. The molecule has 0 bridgehead atoms. The topological polar surface area (TPSA) is 20.2 Å². The van der Waals surface area contributed by atoms with Crippen molar-refractivity contribution in [3.05, 3.63) is 26.6 Å². The maximum atomic E-state index is 9.46. The van der Waals surface area contributed by atoms with E-state index in [1.807, 2.05) is 6.07 Å². The number of hydrogen-bond donors (Lipinski definition) is 1. The average molecular weight is 452 g/mol. The molecule has 5 heteroatoms. The predicted octanol–water partition coefficient (Wildman–Crippen LogP) is 5.27. The van der Waals surface area contributed by atoms with E-state index in [9.17, 15) is 5.11 Å². The van der Waals surface area contributed by atoms with E-state index in [-0.39, 0.29) is 8.98 Å². The molecule has 1 rings (SSSR count). The Morgan fingerprint density at radius 3 is 2.29 bits per heavy atom. The largest absolute Gasteiger partial charge is 0.507 e. The Morgan fingerprint density at radius 2 is 1.79 bits per heavy atom. The van der Waals surface area contributed by atoms with Crippen molar-refractivity contribution in [1.29, 1.82) is 0 Å². The molecule has 0 saturated carbocycles. The third-order valence-electron chi connectivity index (χ3n) is 1.90. The number of halogens is 4. The summed E-state index contributed by atoms with van der Waals surface area (Å²) in [5.74, 6) is 0.229. The molecule has 0 aliphatic carbocycles. The molecule has 0 aliphatic heterocycles. The zero-order valence-electron chi connectivity index (χ0n) is 7.32. The summed E-state index contributed by atoms with van der Waals surface area (Å²) in [7, 11) is 0. The molecule has 78 valence electrons. The summed E-state index contributed by atoms with van der Waals surface area (Å²) in [6.45, 7) is 2.07. The van der Waals surface area contributed by atoms with Gasteiger partial charge in [0.05, 0.1) is 4.47 Å². The summed E-state index contributed by atoms with van der Waals surface area (Å²) in [4.78, 5) is 0. The highest BCUT2D eigenvalue weighted by molar-refractivity contribution is 9.24. The van der Waals surface area contributed by atoms with E-state index in [1.54, 1.807) is 6.07 Å². The van der Waals surface area contributed by atoms with Crippen LogP contribution in [0.2, 0.25) is 0 Å². The molecule has 0 radical (unpaired) electrons. The second-order valence-corrected chi connectivity index (χ2v) is 8.18. The Bertz CT molecular complexity index is 349. The normalized spacial score (nSPS) is 11.8. The molecule has 0 amide bonds. The fourth-order valence-electron chi connectivity index (χ4n) is 1.01. The maximum Gasteiger partial charge on any atom is 0.130 e. The Morgan fingerprint density at radius 1 is 1.21 bits per heavy atom. The molecular weight excluding hydrogens is 444 g/mol. The monoisotopic (exact) mass is 448 g/mol. The van der Waals surface area contributed by atoms with Gasteiger partial charge in [-0.25, -0.2) is 0 Å². The third-order valence-corrected chi connectivity index (χ3v) is 6.03. The van der Waals surface area contributed by atoms with Crippen LogP contribution in [-0.4, -0.2) is 5.11 Å². The van der Waals surface area contributed by atoms with Gasteiger partial charge >= 0.3 is 0 Å². The summed E-state index contributed by atoms with van der Waals surface area (Å²) in [6, 6.07) is 3.54. The number of rotatable bonds is 2. The van der Waals surface area contributed by atoms with Gasteiger partial charge in [0.2, 0.25) is 0 Å². The van der Waals surface area contributed by atoms with Crippen LogP contribution in [0.3, 0.4) is 0 Å². The van der Waals surface area contributed by atoms with Gasteiger partial charge in [-0.05, 0) is 49.9 Å². The lowest BCUT2D eigenvalue weighted by molar-refractivity contribution is 0.471. The fraction of sp³-hybridized carbons (Fsp3) is 0.333. The van der Waals surface area contributed by atoms with Gasteiger partial charge in [0.25, 0.3) is 0 Å². The Labute approximate surface area is 117 Å². The second-order valence-electron chi connectivity index (χ2n) is 2.82. The molecule has 0 atom stereocenters. The molecule has 0 aromatic heterocycles. The van der Waals surface area contributed by atoms with E-state index in [0.29, 0.717) is 4.47 Å². The van der Waals surface area contributed by atoms with E-state index < -0.39 is 0 Å². The van der Waals surface area contributed by atoms with E-state index in [0.717, 1.165) is 16.5 Å². The summed E-state index contributed by atoms with van der Waals surface area (Å²) in [5.41, 5.74) is 1.05. The minimum atomic E-state index is -0.255. The molecule has 1 aromatic rings. The number of alkyl halides is 2. The Hall–Kier alpha value is 0.940. The van der Waals surface area contributed by atoms with Crippen LogP contribution < -0.4 is 0 Å². The number of hydrogen-bond acceptors (Lipinski definition) is 1. The lowest BCUT2D eigenvalue weighted by Gasteiger charge is -2.21. The summed E-state index contributed by atoms with van der Waals surface area (Å²) in [6.07, 6.45) is 0.892. The van der Waals surface area contributed by atoms with Crippen molar-refractivity contribution in [2.75, 3.05) is 0 Å². The van der Waals surface area contributed by atoms with Crippen molar-refractivity contribution in [2.24, 2.45) is 0 Å². The van der Waals surface area contributed by atoms with Gasteiger partial charge in [0, 0.05) is 4.47 Å². The van der Waals surface area contributed by atoms with Crippen LogP contribution in [0.25, 0.3) is 0 Å². The van der Waals surface area contributed by atoms with E-state index in [4.69, 9.17) is 0 Å². The first-order valence-electron chi connectivity index (χ1n) is 3.95. The van der Waals surface area contributed by atoms with Gasteiger partial charge in [-0.1, -0.05) is 44.8 Å². The standard InChI is InChI=1S/C9H8Br4O/c1-2-9(12,13)5-3-4-6(14)8(11)7(5)10/h3-4,14H,2H2,1H3. The van der Waals surface area contributed by atoms with Crippen LogP contribution in [0.15, 0.2) is 21.1 Å². The molecule has 14 heavy (non-hydrogen) atoms. The van der Waals surface area contributed by atoms with Gasteiger partial charge < -0.3 is 5.11 Å². The molecule has 0 aliphatic rings. The zero-order valence-corrected chi connectivity index (χ0v) is 13.7. The van der Waals surface area contributed by atoms with Crippen LogP contribution in [-0.2, 0) is 3.23 Å². The summed E-state index contributed by atoms with van der Waals surface area (Å²) >= 11 is 13.9. The summed E-state index contributed by atoms with van der Waals surface area (Å²) < 4.78 is 1.27. The minimum Gasteiger partial charge on any atom is -0.507 e. The third kappa shape index (κ3) is 2.54. The molecule has 0 fully saturated rings. The van der Waals surface area contributed by atoms with Crippen LogP contribution in [0, 0.1) is 0 Å². The zero-order chi connectivity index (χ0) is 10.9. The molecule has 0 heterocycles. The van der Waals surface area contributed by atoms with E-state index >= 15 is 0 Å². The molecule has 0 spiro atoms. The van der Waals surface area contributed by atoms with Gasteiger partial charge in [0.15, 0.2) is 0 Å². The molecule has 0 saturated heterocycles. The van der Waals surface area contributed by atoms with E-state index in [1.165, 1.54) is 0 Å². The molecule has 1 nitrogen and oxygen atoms in total. The van der Waals surface area contributed by atoms with Crippen LogP contribution >= 0.6 is 63.7 Å². The maximum absolute atomic E-state index is 9.46. The van der Waals surface area contributed by atoms with Gasteiger partial charge in [0.1, 0.15) is 8.98 Å². The first kappa shape index (κ1) is 13.0. The summed E-state index contributed by atoms with van der Waals surface area (Å²) in [5, 5.41) is 9.46. The smallest absolute Gasteiger partial charge is 0.130 e. The Kier molecular flexibility index (Phi) is 4.51. The van der Waals surface area contributed by atoms with Crippen molar-refractivity contribution in [3.63, 3.8) is 0 Å². The number of aromatic hydroxyl groups is 1.